The third-order valence-electron chi connectivity index (χ3n) is 1.63. The van der Waals surface area contributed by atoms with Gasteiger partial charge in [-0.1, -0.05) is 27.5 Å². The summed E-state index contributed by atoms with van der Waals surface area (Å²) < 4.78 is 0.483. The average Bonchev–Trinajstić information content (AvgIpc) is 2.15. The second kappa shape index (κ2) is 5.22. The van der Waals surface area contributed by atoms with Gasteiger partial charge in [0.15, 0.2) is 5.78 Å². The molecule has 15 heavy (non-hydrogen) atoms. The Labute approximate surface area is 112 Å². The molecule has 0 saturated heterocycles. The number of halogens is 3. The number of nitrogens with zero attached hydrogens (tertiary/aromatic N) is 1. The molecule has 0 aliphatic heterocycles. The van der Waals surface area contributed by atoms with E-state index in [9.17, 15) is 14.9 Å². The highest BCUT2D eigenvalue weighted by Crippen LogP contribution is 2.29. The Morgan fingerprint density at radius 1 is 1.60 bits per heavy atom. The summed E-state index contributed by atoms with van der Waals surface area (Å²) in [6, 6.07) is 2.70. The average molecular weight is 404 g/mol. The lowest BCUT2D eigenvalue weighted by Crippen LogP contribution is -2.07. The van der Waals surface area contributed by atoms with Crippen LogP contribution in [0.3, 0.4) is 0 Å². The predicted molar refractivity (Wildman–Crippen MR) is 68.9 cm³/mol. The van der Waals surface area contributed by atoms with Crippen molar-refractivity contribution in [2.75, 3.05) is 5.33 Å². The van der Waals surface area contributed by atoms with Gasteiger partial charge in [-0.25, -0.2) is 0 Å². The van der Waals surface area contributed by atoms with Crippen LogP contribution in [0.15, 0.2) is 12.1 Å². The van der Waals surface area contributed by atoms with Gasteiger partial charge in [0.2, 0.25) is 0 Å². The molecule has 80 valence electrons. The van der Waals surface area contributed by atoms with E-state index in [0.29, 0.717) is 3.57 Å². The number of hydrogen-bond acceptors (Lipinski definition) is 3. The number of ketones is 1. The van der Waals surface area contributed by atoms with E-state index in [-0.39, 0.29) is 27.4 Å². The molecule has 0 aromatic heterocycles. The normalized spacial score (nSPS) is 10.1. The summed E-state index contributed by atoms with van der Waals surface area (Å²) in [5.41, 5.74) is -0.154. The Balaban J connectivity index is 3.46. The first-order chi connectivity index (χ1) is 6.97. The molecule has 1 aromatic rings. The molecule has 1 rings (SSSR count). The summed E-state index contributed by atoms with van der Waals surface area (Å²) in [6.45, 7) is 0. The van der Waals surface area contributed by atoms with Crippen LogP contribution in [0.5, 0.6) is 0 Å². The van der Waals surface area contributed by atoms with Crippen molar-refractivity contribution in [1.82, 2.24) is 0 Å². The Hall–Kier alpha value is -0.210. The smallest absolute Gasteiger partial charge is 0.282 e. The van der Waals surface area contributed by atoms with Gasteiger partial charge >= 0.3 is 0 Å². The molecule has 0 N–H and O–H groups in total. The van der Waals surface area contributed by atoms with Gasteiger partial charge in [0.25, 0.3) is 5.69 Å². The number of rotatable bonds is 3. The molecule has 0 atom stereocenters. The zero-order valence-corrected chi connectivity index (χ0v) is 11.7. The largest absolute Gasteiger partial charge is 0.293 e. The second-order valence-electron chi connectivity index (χ2n) is 2.60. The van der Waals surface area contributed by atoms with E-state index in [1.807, 2.05) is 22.6 Å². The van der Waals surface area contributed by atoms with Gasteiger partial charge in [0.05, 0.1) is 10.3 Å². The molecule has 0 aliphatic rings. The zero-order chi connectivity index (χ0) is 11.6. The lowest BCUT2D eigenvalue weighted by Gasteiger charge is -2.03. The van der Waals surface area contributed by atoms with Crippen LogP contribution in [0.4, 0.5) is 5.69 Å². The van der Waals surface area contributed by atoms with Crippen molar-refractivity contribution in [3.05, 3.63) is 36.4 Å². The number of Topliss-reactive ketones (excluding diaryl/α,β-unsaturated/α-hetero) is 1. The van der Waals surface area contributed by atoms with Gasteiger partial charge < -0.3 is 0 Å². The molecule has 0 amide bonds. The van der Waals surface area contributed by atoms with E-state index in [2.05, 4.69) is 15.9 Å². The summed E-state index contributed by atoms with van der Waals surface area (Å²) in [5, 5.41) is 11.0. The van der Waals surface area contributed by atoms with Crippen molar-refractivity contribution in [1.29, 1.82) is 0 Å². The van der Waals surface area contributed by atoms with Crippen LogP contribution in [-0.2, 0) is 0 Å². The fourth-order valence-corrected chi connectivity index (χ4v) is 2.64. The molecule has 1 aromatic carbocycles. The fourth-order valence-electron chi connectivity index (χ4n) is 1.05. The number of nitro groups is 1. The molecular weight excluding hydrogens is 400 g/mol. The zero-order valence-electron chi connectivity index (χ0n) is 7.17. The van der Waals surface area contributed by atoms with Gasteiger partial charge in [0.1, 0.15) is 5.56 Å². The van der Waals surface area contributed by atoms with E-state index in [1.54, 1.807) is 0 Å². The summed E-state index contributed by atoms with van der Waals surface area (Å²) in [6.07, 6.45) is 0. The van der Waals surface area contributed by atoms with Crippen molar-refractivity contribution in [3.8, 4) is 0 Å². The van der Waals surface area contributed by atoms with Crippen molar-refractivity contribution in [2.24, 2.45) is 0 Å². The van der Waals surface area contributed by atoms with Crippen LogP contribution in [0.2, 0.25) is 5.02 Å². The van der Waals surface area contributed by atoms with E-state index < -0.39 is 4.92 Å². The first kappa shape index (κ1) is 12.9. The Bertz CT molecular complexity index is 438. The van der Waals surface area contributed by atoms with Crippen molar-refractivity contribution in [2.45, 2.75) is 0 Å². The minimum Gasteiger partial charge on any atom is -0.293 e. The molecular formula is C8H4BrClINO3. The van der Waals surface area contributed by atoms with Crippen LogP contribution >= 0.6 is 50.1 Å². The van der Waals surface area contributed by atoms with Crippen LogP contribution in [-0.4, -0.2) is 16.0 Å². The van der Waals surface area contributed by atoms with Crippen LogP contribution < -0.4 is 0 Å². The predicted octanol–water partition coefficient (Wildman–Crippen LogP) is 3.43. The highest BCUT2D eigenvalue weighted by Gasteiger charge is 2.23. The molecule has 7 heteroatoms. The highest BCUT2D eigenvalue weighted by atomic mass is 127. The summed E-state index contributed by atoms with van der Waals surface area (Å²) in [4.78, 5) is 21.6. The lowest BCUT2D eigenvalue weighted by molar-refractivity contribution is -0.385. The Kier molecular flexibility index (Phi) is 4.47. The minimum absolute atomic E-state index is 0.0471. The van der Waals surface area contributed by atoms with Crippen LogP contribution in [0, 0.1) is 13.7 Å². The molecule has 0 bridgehead atoms. The van der Waals surface area contributed by atoms with Crippen LogP contribution in [0.1, 0.15) is 10.4 Å². The van der Waals surface area contributed by atoms with E-state index in [4.69, 9.17) is 11.6 Å². The summed E-state index contributed by atoms with van der Waals surface area (Å²) in [7, 11) is 0. The van der Waals surface area contributed by atoms with Gasteiger partial charge in [-0.3, -0.25) is 14.9 Å². The SMILES string of the molecule is O=C(CBr)c1c(I)cc(Cl)cc1[N+](=O)[O-]. The van der Waals surface area contributed by atoms with Crippen LogP contribution in [0.25, 0.3) is 0 Å². The first-order valence-corrected chi connectivity index (χ1v) is 6.27. The van der Waals surface area contributed by atoms with Gasteiger partial charge in [-0.2, -0.15) is 0 Å². The third kappa shape index (κ3) is 2.88. The fraction of sp³-hybridized carbons (Fsp3) is 0.125. The Morgan fingerprint density at radius 2 is 2.20 bits per heavy atom. The maximum absolute atomic E-state index is 11.5. The number of nitro benzene ring substituents is 1. The molecule has 0 spiro atoms. The number of carbonyl (C=O) groups excluding carboxylic acids is 1. The molecule has 0 aliphatic carbocycles. The summed E-state index contributed by atoms with van der Waals surface area (Å²) >= 11 is 10.5. The van der Waals surface area contributed by atoms with Crippen molar-refractivity contribution >= 4 is 61.6 Å². The molecule has 0 heterocycles. The second-order valence-corrected chi connectivity index (χ2v) is 4.76. The maximum atomic E-state index is 11.5. The van der Waals surface area contributed by atoms with Gasteiger partial charge in [-0.05, 0) is 28.7 Å². The molecule has 0 saturated carbocycles. The van der Waals surface area contributed by atoms with Crippen molar-refractivity contribution in [3.63, 3.8) is 0 Å². The molecule has 0 radical (unpaired) electrons. The lowest BCUT2D eigenvalue weighted by atomic mass is 10.1. The maximum Gasteiger partial charge on any atom is 0.282 e. The quantitative estimate of drug-likeness (QED) is 0.255. The highest BCUT2D eigenvalue weighted by molar-refractivity contribution is 14.1. The molecule has 0 fully saturated rings. The monoisotopic (exact) mass is 403 g/mol. The standard InChI is InChI=1S/C8H4BrClINO3/c9-3-7(13)8-5(11)1-4(10)2-6(8)12(14)15/h1-2H,3H2. The first-order valence-electron chi connectivity index (χ1n) is 3.70. The molecule has 4 nitrogen and oxygen atoms in total. The minimum atomic E-state index is -0.607. The topological polar surface area (TPSA) is 60.2 Å². The van der Waals surface area contributed by atoms with Gasteiger partial charge in [0, 0.05) is 14.7 Å². The number of carbonyl (C=O) groups is 1. The third-order valence-corrected chi connectivity index (χ3v) is 3.21. The van der Waals surface area contributed by atoms with Gasteiger partial charge in [-0.15, -0.1) is 0 Å². The summed E-state index contributed by atoms with van der Waals surface area (Å²) in [5.74, 6) is -0.331. The number of alkyl halides is 1. The van der Waals surface area contributed by atoms with E-state index in [0.717, 1.165) is 0 Å². The number of hydrogen-bond donors (Lipinski definition) is 0. The molecule has 0 unspecified atom stereocenters. The van der Waals surface area contributed by atoms with E-state index >= 15 is 0 Å². The van der Waals surface area contributed by atoms with E-state index in [1.165, 1.54) is 12.1 Å². The Morgan fingerprint density at radius 3 is 2.67 bits per heavy atom. The van der Waals surface area contributed by atoms with Crippen molar-refractivity contribution < 1.29 is 9.72 Å². The number of benzene rings is 1.